The first-order valence-electron chi connectivity index (χ1n) is 8.24. The first-order chi connectivity index (χ1) is 12.6. The van der Waals surface area contributed by atoms with E-state index >= 15 is 0 Å². The SMILES string of the molecule is CN=C(NCCNC(=O)c1ccc(Cl)cc1)NCc1ccccc1OC.I. The number of rotatable bonds is 7. The highest BCUT2D eigenvalue weighted by Crippen LogP contribution is 2.16. The van der Waals surface area contributed by atoms with Gasteiger partial charge in [-0.3, -0.25) is 9.79 Å². The van der Waals surface area contributed by atoms with Gasteiger partial charge in [-0.25, -0.2) is 0 Å². The summed E-state index contributed by atoms with van der Waals surface area (Å²) < 4.78 is 5.33. The molecule has 0 heterocycles. The Balaban J connectivity index is 0.00000364. The van der Waals surface area contributed by atoms with Crippen LogP contribution in [0.3, 0.4) is 0 Å². The Hall–Kier alpha value is -2.00. The third kappa shape index (κ3) is 7.64. The van der Waals surface area contributed by atoms with Gasteiger partial charge >= 0.3 is 0 Å². The van der Waals surface area contributed by atoms with Crippen molar-refractivity contribution in [2.75, 3.05) is 27.2 Å². The number of benzene rings is 2. The fourth-order valence-electron chi connectivity index (χ4n) is 2.31. The normalized spacial score (nSPS) is 10.6. The summed E-state index contributed by atoms with van der Waals surface area (Å²) in [6.07, 6.45) is 0. The molecule has 0 radical (unpaired) electrons. The Morgan fingerprint density at radius 3 is 2.37 bits per heavy atom. The summed E-state index contributed by atoms with van der Waals surface area (Å²) in [5.41, 5.74) is 1.61. The van der Waals surface area contributed by atoms with Gasteiger partial charge in [0.2, 0.25) is 0 Å². The van der Waals surface area contributed by atoms with E-state index in [-0.39, 0.29) is 29.9 Å². The molecule has 0 aliphatic carbocycles. The Morgan fingerprint density at radius 2 is 1.70 bits per heavy atom. The second-order valence-corrected chi connectivity index (χ2v) is 5.86. The highest BCUT2D eigenvalue weighted by atomic mass is 127. The van der Waals surface area contributed by atoms with Crippen molar-refractivity contribution in [2.24, 2.45) is 4.99 Å². The maximum absolute atomic E-state index is 12.0. The van der Waals surface area contributed by atoms with Crippen LogP contribution in [-0.4, -0.2) is 39.1 Å². The van der Waals surface area contributed by atoms with Crippen molar-refractivity contribution >= 4 is 47.4 Å². The van der Waals surface area contributed by atoms with Crippen LogP contribution in [0.2, 0.25) is 5.02 Å². The molecule has 0 saturated carbocycles. The average Bonchev–Trinajstić information content (AvgIpc) is 2.68. The molecule has 0 aromatic heterocycles. The van der Waals surface area contributed by atoms with Crippen molar-refractivity contribution in [1.29, 1.82) is 0 Å². The third-order valence-corrected chi connectivity index (χ3v) is 3.92. The molecule has 0 aliphatic rings. The molecular formula is C19H24ClIN4O2. The van der Waals surface area contributed by atoms with E-state index in [9.17, 15) is 4.79 Å². The van der Waals surface area contributed by atoms with Gasteiger partial charge in [0.1, 0.15) is 5.75 Å². The molecule has 0 bridgehead atoms. The number of ether oxygens (including phenoxy) is 1. The molecule has 0 atom stereocenters. The lowest BCUT2D eigenvalue weighted by molar-refractivity contribution is 0.0954. The minimum Gasteiger partial charge on any atom is -0.496 e. The van der Waals surface area contributed by atoms with Crippen LogP contribution >= 0.6 is 35.6 Å². The summed E-state index contributed by atoms with van der Waals surface area (Å²) in [7, 11) is 3.35. The summed E-state index contributed by atoms with van der Waals surface area (Å²) in [5.74, 6) is 1.34. The van der Waals surface area contributed by atoms with Crippen molar-refractivity contribution < 1.29 is 9.53 Å². The summed E-state index contributed by atoms with van der Waals surface area (Å²) in [5, 5.41) is 9.82. The Labute approximate surface area is 181 Å². The maximum Gasteiger partial charge on any atom is 0.251 e. The van der Waals surface area contributed by atoms with Gasteiger partial charge < -0.3 is 20.7 Å². The molecule has 6 nitrogen and oxygen atoms in total. The Bertz CT molecular complexity index is 754. The molecular weight excluding hydrogens is 479 g/mol. The lowest BCUT2D eigenvalue weighted by atomic mass is 10.2. The molecule has 0 fully saturated rings. The number of nitrogens with one attached hydrogen (secondary N) is 3. The second kappa shape index (κ2) is 12.4. The minimum absolute atomic E-state index is 0. The molecule has 1 amide bonds. The predicted molar refractivity (Wildman–Crippen MR) is 120 cm³/mol. The fraction of sp³-hybridized carbons (Fsp3) is 0.263. The lowest BCUT2D eigenvalue weighted by Crippen LogP contribution is -2.41. The van der Waals surface area contributed by atoms with Gasteiger partial charge in [-0.1, -0.05) is 29.8 Å². The zero-order chi connectivity index (χ0) is 18.8. The lowest BCUT2D eigenvalue weighted by Gasteiger charge is -2.14. The van der Waals surface area contributed by atoms with E-state index in [0.29, 0.717) is 36.2 Å². The maximum atomic E-state index is 12.0. The van der Waals surface area contributed by atoms with E-state index < -0.39 is 0 Å². The van der Waals surface area contributed by atoms with E-state index in [0.717, 1.165) is 11.3 Å². The standard InChI is InChI=1S/C19H23ClN4O2.HI/c1-21-19(24-13-15-5-3-4-6-17(15)26-2)23-12-11-22-18(25)14-7-9-16(20)10-8-14;/h3-10H,11-13H2,1-2H3,(H,22,25)(H2,21,23,24);1H. The molecule has 2 rings (SSSR count). The van der Waals surface area contributed by atoms with E-state index in [1.165, 1.54) is 0 Å². The van der Waals surface area contributed by atoms with Gasteiger partial charge in [0.15, 0.2) is 5.96 Å². The molecule has 2 aromatic carbocycles. The summed E-state index contributed by atoms with van der Waals surface area (Å²) in [4.78, 5) is 16.2. The van der Waals surface area contributed by atoms with Crippen molar-refractivity contribution in [3.05, 3.63) is 64.7 Å². The smallest absolute Gasteiger partial charge is 0.251 e. The number of hydrogen-bond donors (Lipinski definition) is 3. The first kappa shape index (κ1) is 23.0. The number of para-hydroxylation sites is 1. The third-order valence-electron chi connectivity index (χ3n) is 3.67. The minimum atomic E-state index is -0.138. The number of nitrogens with zero attached hydrogens (tertiary/aromatic N) is 1. The van der Waals surface area contributed by atoms with Gasteiger partial charge in [-0.05, 0) is 30.3 Å². The van der Waals surface area contributed by atoms with Gasteiger partial charge in [0.25, 0.3) is 5.91 Å². The first-order valence-corrected chi connectivity index (χ1v) is 8.62. The zero-order valence-corrected chi connectivity index (χ0v) is 18.4. The second-order valence-electron chi connectivity index (χ2n) is 5.43. The molecule has 0 unspecified atom stereocenters. The summed E-state index contributed by atoms with van der Waals surface area (Å²) in [6, 6.07) is 14.6. The Morgan fingerprint density at radius 1 is 1.04 bits per heavy atom. The van der Waals surface area contributed by atoms with Crippen LogP contribution < -0.4 is 20.7 Å². The number of amides is 1. The predicted octanol–water partition coefficient (Wildman–Crippen LogP) is 3.06. The number of guanidine groups is 1. The highest BCUT2D eigenvalue weighted by Gasteiger charge is 2.05. The molecule has 27 heavy (non-hydrogen) atoms. The number of carbonyl (C=O) groups is 1. The molecule has 0 saturated heterocycles. The molecule has 8 heteroatoms. The van der Waals surface area contributed by atoms with Crippen LogP contribution in [0.25, 0.3) is 0 Å². The van der Waals surface area contributed by atoms with Crippen LogP contribution in [-0.2, 0) is 6.54 Å². The van der Waals surface area contributed by atoms with Crippen LogP contribution in [0.1, 0.15) is 15.9 Å². The van der Waals surface area contributed by atoms with E-state index in [1.54, 1.807) is 38.4 Å². The number of methoxy groups -OCH3 is 1. The van der Waals surface area contributed by atoms with Crippen molar-refractivity contribution in [2.45, 2.75) is 6.54 Å². The van der Waals surface area contributed by atoms with Crippen molar-refractivity contribution in [3.8, 4) is 5.75 Å². The number of halogens is 2. The molecule has 0 spiro atoms. The van der Waals surface area contributed by atoms with E-state index in [4.69, 9.17) is 16.3 Å². The average molecular weight is 503 g/mol. The number of hydrogen-bond acceptors (Lipinski definition) is 3. The van der Waals surface area contributed by atoms with Gasteiger partial charge in [-0.2, -0.15) is 0 Å². The van der Waals surface area contributed by atoms with Crippen LogP contribution in [0.15, 0.2) is 53.5 Å². The number of carbonyl (C=O) groups excluding carboxylic acids is 1. The highest BCUT2D eigenvalue weighted by molar-refractivity contribution is 14.0. The van der Waals surface area contributed by atoms with E-state index in [1.807, 2.05) is 24.3 Å². The van der Waals surface area contributed by atoms with Crippen LogP contribution in [0.5, 0.6) is 5.75 Å². The van der Waals surface area contributed by atoms with Crippen LogP contribution in [0.4, 0.5) is 0 Å². The monoisotopic (exact) mass is 502 g/mol. The van der Waals surface area contributed by atoms with Crippen molar-refractivity contribution in [1.82, 2.24) is 16.0 Å². The van der Waals surface area contributed by atoms with Gasteiger partial charge in [-0.15, -0.1) is 24.0 Å². The summed E-state index contributed by atoms with van der Waals surface area (Å²) >= 11 is 5.82. The topological polar surface area (TPSA) is 74.8 Å². The number of aliphatic imine (C=N–C) groups is 1. The molecule has 2 aromatic rings. The quantitative estimate of drug-likeness (QED) is 0.235. The Kier molecular flexibility index (Phi) is 10.6. The fourth-order valence-corrected chi connectivity index (χ4v) is 2.43. The van der Waals surface area contributed by atoms with Gasteiger partial charge in [0, 0.05) is 42.8 Å². The zero-order valence-electron chi connectivity index (χ0n) is 15.3. The molecule has 146 valence electrons. The van der Waals surface area contributed by atoms with Crippen LogP contribution in [0, 0.1) is 0 Å². The van der Waals surface area contributed by atoms with Crippen molar-refractivity contribution in [3.63, 3.8) is 0 Å². The largest absolute Gasteiger partial charge is 0.496 e. The molecule has 0 aliphatic heterocycles. The molecule has 3 N–H and O–H groups in total. The summed E-state index contributed by atoms with van der Waals surface area (Å²) in [6.45, 7) is 1.60. The van der Waals surface area contributed by atoms with Gasteiger partial charge in [0.05, 0.1) is 7.11 Å². The van der Waals surface area contributed by atoms with E-state index in [2.05, 4.69) is 20.9 Å².